The van der Waals surface area contributed by atoms with Crippen molar-refractivity contribution in [2.24, 2.45) is 0 Å². The van der Waals surface area contributed by atoms with Crippen molar-refractivity contribution in [3.8, 4) is 0 Å². The van der Waals surface area contributed by atoms with Crippen LogP contribution in [-0.2, 0) is 41.2 Å². The summed E-state index contributed by atoms with van der Waals surface area (Å²) in [4.78, 5) is 98.2. The zero-order valence-corrected chi connectivity index (χ0v) is 33.3. The first-order valence-corrected chi connectivity index (χ1v) is 19.5. The highest BCUT2D eigenvalue weighted by Crippen LogP contribution is 2.36. The van der Waals surface area contributed by atoms with Crippen LogP contribution >= 0.6 is 0 Å². The third-order valence-corrected chi connectivity index (χ3v) is 10.9. The van der Waals surface area contributed by atoms with Gasteiger partial charge in [0.2, 0.25) is 5.91 Å². The number of aryl methyl sites for hydroxylation is 1. The topological polar surface area (TPSA) is 188 Å². The van der Waals surface area contributed by atoms with E-state index in [-0.39, 0.29) is 45.0 Å². The number of carbonyl (C=O) groups is 6. The number of rotatable bonds is 11. The largest absolute Gasteiger partial charge is 0.462 e. The third-order valence-electron chi connectivity index (χ3n) is 10.9. The second-order valence-electron chi connectivity index (χ2n) is 15.7. The van der Waals surface area contributed by atoms with Crippen molar-refractivity contribution in [1.29, 1.82) is 0 Å². The van der Waals surface area contributed by atoms with Crippen molar-refractivity contribution in [2.45, 2.75) is 85.0 Å². The molecule has 3 N–H and O–H groups in total. The maximum Gasteiger partial charge on any atom is 0.340 e. The van der Waals surface area contributed by atoms with Gasteiger partial charge in [-0.1, -0.05) is 41.5 Å². The molecule has 14 heteroatoms. The molecule has 5 aliphatic rings. The van der Waals surface area contributed by atoms with Crippen LogP contribution in [0, 0.1) is 0 Å². The average Bonchev–Trinajstić information content (AvgIpc) is 3.92. The van der Waals surface area contributed by atoms with E-state index >= 15 is 0 Å². The van der Waals surface area contributed by atoms with Crippen LogP contribution < -0.4 is 16.0 Å². The molecule has 0 aliphatic carbocycles. The van der Waals surface area contributed by atoms with E-state index in [1.54, 1.807) is 6.92 Å². The number of fused-ring (bicyclic) bond motifs is 8. The van der Waals surface area contributed by atoms with E-state index in [1.165, 1.54) is 17.1 Å². The second kappa shape index (κ2) is 14.7. The number of hydrogen-bond acceptors (Lipinski definition) is 9. The summed E-state index contributed by atoms with van der Waals surface area (Å²) < 4.78 is 5.51. The van der Waals surface area contributed by atoms with Gasteiger partial charge in [0.15, 0.2) is 0 Å². The highest BCUT2D eigenvalue weighted by atomic mass is 16.5. The smallest absolute Gasteiger partial charge is 0.340 e. The molecular formula is C43H47N7O7. The van der Waals surface area contributed by atoms with Crippen LogP contribution in [0.1, 0.15) is 117 Å². The minimum Gasteiger partial charge on any atom is -0.462 e. The van der Waals surface area contributed by atoms with Crippen LogP contribution in [0.15, 0.2) is 30.4 Å². The molecule has 5 amide bonds. The van der Waals surface area contributed by atoms with Crippen molar-refractivity contribution in [2.75, 3.05) is 26.2 Å². The molecule has 57 heavy (non-hydrogen) atoms. The van der Waals surface area contributed by atoms with Crippen LogP contribution in [-0.4, -0.2) is 91.5 Å². The fourth-order valence-corrected chi connectivity index (χ4v) is 7.99. The van der Waals surface area contributed by atoms with E-state index in [4.69, 9.17) is 14.7 Å². The first-order chi connectivity index (χ1) is 27.1. The normalized spacial score (nSPS) is 17.2. The van der Waals surface area contributed by atoms with Crippen molar-refractivity contribution < 1.29 is 33.5 Å². The molecule has 0 fully saturated rings. The Labute approximate surface area is 329 Å². The maximum absolute atomic E-state index is 14.6. The first-order valence-electron chi connectivity index (χ1n) is 19.5. The number of allylic oxidation sites excluding steroid dienone is 1. The summed E-state index contributed by atoms with van der Waals surface area (Å²) in [5.74, 6) is -2.62. The fraction of sp³-hybridized carbons (Fsp3) is 0.395. The second-order valence-corrected chi connectivity index (χ2v) is 15.7. The van der Waals surface area contributed by atoms with Crippen LogP contribution in [0.5, 0.6) is 0 Å². The SMILES string of the molecule is CCOC(=O)C1=C(CC)c2cc3[nH]c(c4c5[nH]c(cc6nc(cc1n2)=CC6(C)C)c(CC)c5C(=O)N(CCCC(=O)NCCN1C(=O)C=CC1=O)C4=O)=CC3(C)C. The van der Waals surface area contributed by atoms with Crippen molar-refractivity contribution >= 4 is 69.8 Å². The number of hydrogen-bond donors (Lipinski definition) is 3. The van der Waals surface area contributed by atoms with Gasteiger partial charge in [-0.2, -0.15) is 0 Å². The van der Waals surface area contributed by atoms with E-state index in [0.717, 1.165) is 21.7 Å². The van der Waals surface area contributed by atoms with E-state index < -0.39 is 40.4 Å². The van der Waals surface area contributed by atoms with Crippen molar-refractivity contribution in [1.82, 2.24) is 35.1 Å². The molecule has 7 rings (SSSR count). The zero-order valence-electron chi connectivity index (χ0n) is 33.3. The Morgan fingerprint density at radius 2 is 1.53 bits per heavy atom. The number of amides is 5. The minimum atomic E-state index is -0.620. The van der Waals surface area contributed by atoms with Gasteiger partial charge in [0.1, 0.15) is 0 Å². The quantitative estimate of drug-likeness (QED) is 0.227. The Kier molecular flexibility index (Phi) is 10.1. The zero-order chi connectivity index (χ0) is 41.0. The highest BCUT2D eigenvalue weighted by molar-refractivity contribution is 6.25. The van der Waals surface area contributed by atoms with E-state index in [1.807, 2.05) is 71.9 Å². The number of nitrogens with zero attached hydrogens (tertiary/aromatic N) is 4. The lowest BCUT2D eigenvalue weighted by atomic mass is 9.89. The molecule has 2 aromatic heterocycles. The summed E-state index contributed by atoms with van der Waals surface area (Å²) in [6.45, 7) is 14.1. The number of aromatic amines is 2. The van der Waals surface area contributed by atoms with Gasteiger partial charge in [0, 0.05) is 60.2 Å². The number of ether oxygens (including phenoxy) is 1. The lowest BCUT2D eigenvalue weighted by Gasteiger charge is -2.25. The van der Waals surface area contributed by atoms with Crippen molar-refractivity contribution in [3.63, 3.8) is 0 Å². The minimum absolute atomic E-state index is 0.0104. The summed E-state index contributed by atoms with van der Waals surface area (Å²) in [6.07, 6.45) is 7.54. The van der Waals surface area contributed by atoms with Crippen LogP contribution in [0.25, 0.3) is 34.3 Å². The summed E-state index contributed by atoms with van der Waals surface area (Å²) >= 11 is 0. The van der Waals surface area contributed by atoms with Gasteiger partial charge in [-0.15, -0.1) is 0 Å². The summed E-state index contributed by atoms with van der Waals surface area (Å²) in [5.41, 5.74) is 4.97. The molecular weight excluding hydrogens is 727 g/mol. The molecule has 0 unspecified atom stereocenters. The van der Waals surface area contributed by atoms with Gasteiger partial charge in [-0.25, -0.2) is 9.78 Å². The van der Waals surface area contributed by atoms with Gasteiger partial charge in [0.25, 0.3) is 23.6 Å². The van der Waals surface area contributed by atoms with E-state index in [0.29, 0.717) is 68.4 Å². The molecule has 0 aromatic carbocycles. The van der Waals surface area contributed by atoms with Crippen molar-refractivity contribution in [3.05, 3.63) is 80.5 Å². The van der Waals surface area contributed by atoms with Gasteiger partial charge < -0.3 is 20.0 Å². The molecule has 0 radical (unpaired) electrons. The van der Waals surface area contributed by atoms with E-state index in [2.05, 4.69) is 15.3 Å². The van der Waals surface area contributed by atoms with Crippen LogP contribution in [0.4, 0.5) is 0 Å². The number of carbonyl (C=O) groups excluding carboxylic acids is 6. The Morgan fingerprint density at radius 1 is 0.807 bits per heavy atom. The Hall–Kier alpha value is -6.18. The number of nitrogens with one attached hydrogen (secondary N) is 3. The van der Waals surface area contributed by atoms with E-state index in [9.17, 15) is 28.8 Å². The molecule has 0 saturated carbocycles. The van der Waals surface area contributed by atoms with Crippen LogP contribution in [0.2, 0.25) is 0 Å². The number of esters is 1. The van der Waals surface area contributed by atoms with Gasteiger partial charge in [-0.3, -0.25) is 38.8 Å². The fourth-order valence-electron chi connectivity index (χ4n) is 7.99. The summed E-state index contributed by atoms with van der Waals surface area (Å²) in [5, 5.41) is 3.86. The Bertz CT molecular complexity index is 2530. The molecule has 8 bridgehead atoms. The predicted molar refractivity (Wildman–Crippen MR) is 213 cm³/mol. The van der Waals surface area contributed by atoms with Gasteiger partial charge in [0.05, 0.1) is 56.6 Å². The molecule has 0 spiro atoms. The molecule has 7 heterocycles. The third kappa shape index (κ3) is 6.97. The predicted octanol–water partition coefficient (Wildman–Crippen LogP) is 3.42. The molecule has 2 aromatic rings. The summed E-state index contributed by atoms with van der Waals surface area (Å²) in [6, 6.07) is 5.64. The monoisotopic (exact) mass is 773 g/mol. The molecule has 14 nitrogen and oxygen atoms in total. The maximum atomic E-state index is 14.6. The summed E-state index contributed by atoms with van der Waals surface area (Å²) in [7, 11) is 0. The first kappa shape index (κ1) is 39.1. The molecule has 5 aliphatic heterocycles. The average molecular weight is 774 g/mol. The number of H-pyrrole nitrogens is 2. The van der Waals surface area contributed by atoms with Gasteiger partial charge in [-0.05, 0) is 67.7 Å². The molecule has 0 saturated heterocycles. The Balaban J connectivity index is 1.36. The van der Waals surface area contributed by atoms with Gasteiger partial charge >= 0.3 is 5.97 Å². The lowest BCUT2D eigenvalue weighted by Crippen LogP contribution is -2.43. The standard InChI is InChI=1S/C43H47N7O7/c1-8-24-26-19-31-43(6,7)22-29(47-31)37-38-36(39(54)50(40(37)55)16-11-12-32(51)44-15-17-49-33(52)13-14-34(49)53)25(9-2)27(48-38)20-30-42(4,5)21-23(45-30)18-28(46-26)35(24)41(56)57-10-3/h13-14,18-22,47-48H,8-12,15-17H2,1-7H3,(H,44,51). The number of aromatic nitrogens is 4. The van der Waals surface area contributed by atoms with Crippen LogP contribution in [0.3, 0.4) is 0 Å². The number of imide groups is 2. The Morgan fingerprint density at radius 3 is 2.21 bits per heavy atom. The lowest BCUT2D eigenvalue weighted by molar-refractivity contribution is -0.137. The molecule has 296 valence electrons. The highest BCUT2D eigenvalue weighted by Gasteiger charge is 2.38. The molecule has 0 atom stereocenters.